The fourth-order valence-electron chi connectivity index (χ4n) is 2.06. The van der Waals surface area contributed by atoms with Crippen molar-refractivity contribution >= 4 is 44.0 Å². The molecular formula is C13H10N4O5S2. The Morgan fingerprint density at radius 1 is 1.33 bits per heavy atom. The van der Waals surface area contributed by atoms with Crippen molar-refractivity contribution in [1.82, 2.24) is 13.8 Å². The molecule has 1 aliphatic carbocycles. The summed E-state index contributed by atoms with van der Waals surface area (Å²) in [4.78, 5) is 27.2. The number of ketones is 1. The highest BCUT2D eigenvalue weighted by molar-refractivity contribution is 7.90. The third kappa shape index (κ3) is 2.63. The highest BCUT2D eigenvalue weighted by Crippen LogP contribution is 2.22. The molecule has 24 heavy (non-hydrogen) atoms. The Balaban J connectivity index is 2.29. The molecule has 0 amide bonds. The molecule has 0 fully saturated rings. The first-order valence-corrected chi connectivity index (χ1v) is 9.07. The fraction of sp³-hybridized carbons (Fsp3) is 0.0769. The predicted octanol–water partition coefficient (Wildman–Crippen LogP) is 0.101. The molecule has 0 unspecified atom stereocenters. The molecule has 2 aromatic rings. The van der Waals surface area contributed by atoms with E-state index in [0.717, 1.165) is 28.3 Å². The lowest BCUT2D eigenvalue weighted by Gasteiger charge is -2.07. The van der Waals surface area contributed by atoms with Crippen LogP contribution >= 0.6 is 11.5 Å². The number of hydrogen-bond donors (Lipinski definition) is 2. The number of rotatable bonds is 2. The summed E-state index contributed by atoms with van der Waals surface area (Å²) in [5.41, 5.74) is 5.53. The Morgan fingerprint density at radius 3 is 2.67 bits per heavy atom. The molecule has 9 nitrogen and oxygen atoms in total. The third-order valence-corrected chi connectivity index (χ3v) is 4.91. The number of anilines is 1. The summed E-state index contributed by atoms with van der Waals surface area (Å²) in [6.45, 7) is 0. The number of nitrogens with two attached hydrogens (primary N) is 1. The highest BCUT2D eigenvalue weighted by atomic mass is 32.2. The lowest BCUT2D eigenvalue weighted by atomic mass is 10.1. The number of hydrogen-bond acceptors (Lipinski definition) is 9. The molecule has 0 bridgehead atoms. The van der Waals surface area contributed by atoms with E-state index in [4.69, 9.17) is 5.73 Å². The Labute approximate surface area is 139 Å². The second-order valence-corrected chi connectivity index (χ2v) is 7.58. The summed E-state index contributed by atoms with van der Waals surface area (Å²) in [5.74, 6) is -1.19. The van der Waals surface area contributed by atoms with Gasteiger partial charge in [-0.05, 0) is 23.8 Å². The van der Waals surface area contributed by atoms with Crippen LogP contribution in [0.5, 0.6) is 0 Å². The number of carbonyl (C=O) groups excluding carboxylic acids is 1. The van der Waals surface area contributed by atoms with Gasteiger partial charge in [-0.1, -0.05) is 6.08 Å². The molecule has 0 radical (unpaired) electrons. The first-order chi connectivity index (χ1) is 11.2. The van der Waals surface area contributed by atoms with Gasteiger partial charge in [-0.15, -0.1) is 0 Å². The summed E-state index contributed by atoms with van der Waals surface area (Å²) >= 11 is 0.736. The number of nitrogens with zero attached hydrogens (tertiary/aromatic N) is 3. The molecule has 2 heterocycles. The second kappa shape index (κ2) is 5.39. The van der Waals surface area contributed by atoms with E-state index in [1.54, 1.807) is 0 Å². The molecule has 0 saturated heterocycles. The molecule has 0 spiro atoms. The lowest BCUT2D eigenvalue weighted by Crippen LogP contribution is -2.18. The van der Waals surface area contributed by atoms with Crippen molar-refractivity contribution in [3.05, 3.63) is 45.5 Å². The average Bonchev–Trinajstić information content (AvgIpc) is 2.91. The van der Waals surface area contributed by atoms with Crippen molar-refractivity contribution < 1.29 is 18.3 Å². The van der Waals surface area contributed by atoms with Gasteiger partial charge in [-0.3, -0.25) is 9.59 Å². The zero-order valence-corrected chi connectivity index (χ0v) is 13.8. The van der Waals surface area contributed by atoms with Crippen molar-refractivity contribution in [2.24, 2.45) is 0 Å². The second-order valence-electron chi connectivity index (χ2n) is 4.94. The largest absolute Gasteiger partial charge is 0.504 e. The van der Waals surface area contributed by atoms with Crippen molar-refractivity contribution in [3.8, 4) is 0 Å². The normalized spacial score (nSPS) is 16.8. The van der Waals surface area contributed by atoms with Gasteiger partial charge in [0, 0.05) is 17.8 Å². The monoisotopic (exact) mass is 366 g/mol. The van der Waals surface area contributed by atoms with Crippen molar-refractivity contribution in [1.29, 1.82) is 0 Å². The maximum atomic E-state index is 12.1. The van der Waals surface area contributed by atoms with E-state index in [1.165, 1.54) is 18.2 Å². The Hall–Kier alpha value is -2.79. The van der Waals surface area contributed by atoms with Gasteiger partial charge in [0.25, 0.3) is 5.56 Å². The molecular weight excluding hydrogens is 356 g/mol. The average molecular weight is 366 g/mol. The number of nitrogen functional groups attached to an aromatic ring is 1. The number of aromatic nitrogens is 3. The van der Waals surface area contributed by atoms with Gasteiger partial charge in [-0.2, -0.15) is 9.36 Å². The van der Waals surface area contributed by atoms with E-state index in [0.29, 0.717) is 5.57 Å². The van der Waals surface area contributed by atoms with Crippen molar-refractivity contribution in [3.63, 3.8) is 0 Å². The molecule has 1 aliphatic rings. The molecule has 3 rings (SSSR count). The van der Waals surface area contributed by atoms with Crippen LogP contribution in [0.1, 0.15) is 5.56 Å². The molecule has 0 aliphatic heterocycles. The SMILES string of the molecule is CS(=O)(=O)c1nsc2nc(=O)c(C=C3C=CC(=O)C(O)=C3)c(N)n12. The van der Waals surface area contributed by atoms with Gasteiger partial charge in [0.2, 0.25) is 25.7 Å². The minimum Gasteiger partial charge on any atom is -0.504 e. The van der Waals surface area contributed by atoms with E-state index in [1.807, 2.05) is 0 Å². The number of fused-ring (bicyclic) bond motifs is 1. The van der Waals surface area contributed by atoms with Crippen LogP contribution in [0, 0.1) is 0 Å². The summed E-state index contributed by atoms with van der Waals surface area (Å²) in [7, 11) is -3.68. The maximum Gasteiger partial charge on any atom is 0.283 e. The predicted molar refractivity (Wildman–Crippen MR) is 87.5 cm³/mol. The van der Waals surface area contributed by atoms with Gasteiger partial charge in [0.1, 0.15) is 5.82 Å². The van der Waals surface area contributed by atoms with Crippen LogP contribution in [0.15, 0.2) is 39.5 Å². The van der Waals surface area contributed by atoms with Crippen LogP contribution in [0.2, 0.25) is 0 Å². The molecule has 11 heteroatoms. The maximum absolute atomic E-state index is 12.1. The summed E-state index contributed by atoms with van der Waals surface area (Å²) in [6, 6.07) is 0. The molecule has 124 valence electrons. The van der Waals surface area contributed by atoms with E-state index in [9.17, 15) is 23.1 Å². The number of sulfone groups is 1. The number of aliphatic hydroxyl groups is 1. The summed E-state index contributed by atoms with van der Waals surface area (Å²) in [6.07, 6.45) is 5.96. The van der Waals surface area contributed by atoms with Gasteiger partial charge >= 0.3 is 0 Å². The summed E-state index contributed by atoms with van der Waals surface area (Å²) in [5, 5.41) is 9.14. The highest BCUT2D eigenvalue weighted by Gasteiger charge is 2.21. The van der Waals surface area contributed by atoms with Crippen molar-refractivity contribution in [2.75, 3.05) is 12.0 Å². The molecule has 0 saturated carbocycles. The van der Waals surface area contributed by atoms with Crippen LogP contribution in [0.25, 0.3) is 11.0 Å². The van der Waals surface area contributed by atoms with Gasteiger partial charge in [0.15, 0.2) is 5.76 Å². The third-order valence-electron chi connectivity index (χ3n) is 3.16. The van der Waals surface area contributed by atoms with Crippen LogP contribution in [0.4, 0.5) is 5.82 Å². The van der Waals surface area contributed by atoms with E-state index < -0.39 is 26.9 Å². The Morgan fingerprint density at radius 2 is 2.04 bits per heavy atom. The molecule has 0 aromatic carbocycles. The quantitative estimate of drug-likeness (QED) is 0.761. The standard InChI is InChI=1S/C13H10N4O5S2/c1-24(21,22)13-16-23-12-15-11(20)7(10(14)17(12)13)4-6-2-3-8(18)9(19)5-6/h2-5,19H,14H2,1H3. The Bertz CT molecular complexity index is 1140. The minimum atomic E-state index is -3.68. The molecule has 3 N–H and O–H groups in total. The van der Waals surface area contributed by atoms with E-state index in [-0.39, 0.29) is 21.5 Å². The van der Waals surface area contributed by atoms with Gasteiger partial charge in [0.05, 0.1) is 5.56 Å². The topological polar surface area (TPSA) is 145 Å². The van der Waals surface area contributed by atoms with Crippen LogP contribution < -0.4 is 11.3 Å². The molecule has 2 aromatic heterocycles. The van der Waals surface area contributed by atoms with Crippen LogP contribution in [-0.4, -0.2) is 39.3 Å². The first-order valence-electron chi connectivity index (χ1n) is 6.41. The van der Waals surface area contributed by atoms with E-state index in [2.05, 4.69) is 9.36 Å². The minimum absolute atomic E-state index is 0.0489. The van der Waals surface area contributed by atoms with Crippen molar-refractivity contribution in [2.45, 2.75) is 5.16 Å². The zero-order chi connectivity index (χ0) is 17.6. The lowest BCUT2D eigenvalue weighted by molar-refractivity contribution is -0.113. The van der Waals surface area contributed by atoms with Crippen LogP contribution in [0.3, 0.4) is 0 Å². The van der Waals surface area contributed by atoms with Crippen LogP contribution in [-0.2, 0) is 14.6 Å². The fourth-order valence-corrected chi connectivity index (χ4v) is 3.92. The number of allylic oxidation sites excluding steroid dienone is 4. The molecule has 0 atom stereocenters. The van der Waals surface area contributed by atoms with Gasteiger partial charge < -0.3 is 10.8 Å². The Kier molecular flexibility index (Phi) is 3.61. The smallest absolute Gasteiger partial charge is 0.283 e. The first kappa shape index (κ1) is 16.1. The summed E-state index contributed by atoms with van der Waals surface area (Å²) < 4.78 is 28.4. The number of aliphatic hydroxyl groups excluding tert-OH is 1. The zero-order valence-electron chi connectivity index (χ0n) is 12.1. The van der Waals surface area contributed by atoms with Gasteiger partial charge in [-0.25, -0.2) is 12.8 Å². The van der Waals surface area contributed by atoms with E-state index >= 15 is 0 Å². The number of carbonyl (C=O) groups is 1.